The number of rotatable bonds is 3. The topological polar surface area (TPSA) is 54.6 Å². The summed E-state index contributed by atoms with van der Waals surface area (Å²) in [4.78, 5) is 18.2. The van der Waals surface area contributed by atoms with Crippen molar-refractivity contribution in [3.05, 3.63) is 65.4 Å². The van der Waals surface area contributed by atoms with Crippen LogP contribution in [0.5, 0.6) is 5.75 Å². The maximum Gasteiger partial charge on any atom is 0.409 e. The van der Waals surface area contributed by atoms with Crippen LogP contribution < -0.4 is 4.74 Å². The van der Waals surface area contributed by atoms with E-state index < -0.39 is 9.89 Å². The number of H-pyrrole nitrogens is 1. The quantitative estimate of drug-likeness (QED) is 0.440. The van der Waals surface area contributed by atoms with E-state index in [0.29, 0.717) is 13.1 Å². The first-order valence-corrected chi connectivity index (χ1v) is 12.1. The van der Waals surface area contributed by atoms with Crippen LogP contribution in [0, 0.1) is 5.92 Å². The molecule has 1 aliphatic carbocycles. The lowest BCUT2D eigenvalue weighted by Crippen LogP contribution is -2.55. The number of fused-ring (bicyclic) bond motifs is 4. The number of nitrogens with zero attached hydrogens (tertiary/aromatic N) is 1. The molecule has 8 heteroatoms. The van der Waals surface area contributed by atoms with E-state index in [1.165, 1.54) is 22.2 Å². The fourth-order valence-electron chi connectivity index (χ4n) is 5.58. The van der Waals surface area contributed by atoms with E-state index in [1.807, 2.05) is 12.1 Å². The zero-order valence-electron chi connectivity index (χ0n) is 18.2. The highest BCUT2D eigenvalue weighted by Crippen LogP contribution is 2.49. The van der Waals surface area contributed by atoms with Gasteiger partial charge in [-0.15, -0.1) is 0 Å². The van der Waals surface area contributed by atoms with Gasteiger partial charge in [0.25, 0.3) is 0 Å². The number of carbonyl (C=O) groups excluding carboxylic acids is 1. The number of hydrogen-bond acceptors (Lipinski definition) is 3. The summed E-state index contributed by atoms with van der Waals surface area (Å²) in [5, 5.41) is 1.25. The minimum Gasteiger partial charge on any atom is -0.497 e. The number of aromatic amines is 1. The lowest BCUT2D eigenvalue weighted by Gasteiger charge is -2.50. The minimum absolute atomic E-state index is 0.117. The summed E-state index contributed by atoms with van der Waals surface area (Å²) in [5.74, 6) is 1.05. The van der Waals surface area contributed by atoms with Gasteiger partial charge in [0, 0.05) is 35.1 Å². The Balaban J connectivity index is 1.51. The summed E-state index contributed by atoms with van der Waals surface area (Å²) < 4.78 is 9.20. The molecule has 1 aromatic heterocycles. The predicted molar refractivity (Wildman–Crippen MR) is 132 cm³/mol. The zero-order chi connectivity index (χ0) is 23.2. The normalized spacial score (nSPS) is 22.5. The van der Waals surface area contributed by atoms with Crippen molar-refractivity contribution in [2.75, 3.05) is 26.8 Å². The van der Waals surface area contributed by atoms with Crippen LogP contribution in [0.15, 0.2) is 48.5 Å². The molecule has 2 heterocycles. The van der Waals surface area contributed by atoms with Gasteiger partial charge >= 0.3 is 6.09 Å². The van der Waals surface area contributed by atoms with Crippen molar-refractivity contribution in [3.63, 3.8) is 0 Å². The molecule has 174 valence electrons. The molecule has 1 amide bonds. The number of halogens is 3. The smallest absolute Gasteiger partial charge is 0.409 e. The molecule has 2 unspecified atom stereocenters. The van der Waals surface area contributed by atoms with Crippen molar-refractivity contribution < 1.29 is 14.3 Å². The molecule has 1 fully saturated rings. The summed E-state index contributed by atoms with van der Waals surface area (Å²) in [5.41, 5.74) is 4.90. The first kappa shape index (κ1) is 22.7. The molecule has 2 aromatic carbocycles. The van der Waals surface area contributed by atoms with E-state index in [0.717, 1.165) is 30.5 Å². The monoisotopic (exact) mass is 506 g/mol. The highest BCUT2D eigenvalue weighted by atomic mass is 35.6. The fourth-order valence-corrected chi connectivity index (χ4v) is 5.74. The van der Waals surface area contributed by atoms with Gasteiger partial charge in [-0.25, -0.2) is 4.79 Å². The van der Waals surface area contributed by atoms with E-state index in [-0.39, 0.29) is 17.9 Å². The van der Waals surface area contributed by atoms with Crippen molar-refractivity contribution in [1.82, 2.24) is 9.88 Å². The maximum absolute atomic E-state index is 12.8. The molecular weight excluding hydrogens is 483 g/mol. The van der Waals surface area contributed by atoms with Gasteiger partial charge in [-0.2, -0.15) is 0 Å². The number of alkyl halides is 3. The molecule has 1 N–H and O–H groups in total. The Morgan fingerprint density at radius 3 is 2.82 bits per heavy atom. The van der Waals surface area contributed by atoms with E-state index >= 15 is 0 Å². The van der Waals surface area contributed by atoms with Crippen LogP contribution in [0.1, 0.15) is 23.2 Å². The van der Waals surface area contributed by atoms with Crippen LogP contribution in [0.4, 0.5) is 4.79 Å². The van der Waals surface area contributed by atoms with Crippen molar-refractivity contribution in [2.24, 2.45) is 5.92 Å². The van der Waals surface area contributed by atoms with Gasteiger partial charge in [-0.1, -0.05) is 65.1 Å². The molecule has 0 spiro atoms. The number of carbonyl (C=O) groups is 1. The van der Waals surface area contributed by atoms with Crippen LogP contribution in [0.3, 0.4) is 0 Å². The Hall–Kier alpha value is -2.08. The number of likely N-dealkylation sites (tertiary alicyclic amines) is 1. The Kier molecular flexibility index (Phi) is 5.92. The number of ether oxygens (including phenoxy) is 2. The van der Waals surface area contributed by atoms with Gasteiger partial charge in [-0.05, 0) is 54.5 Å². The number of amides is 1. The number of nitrogens with one attached hydrogen (secondary N) is 1. The zero-order valence-corrected chi connectivity index (χ0v) is 20.5. The highest BCUT2D eigenvalue weighted by molar-refractivity contribution is 6.67. The summed E-state index contributed by atoms with van der Waals surface area (Å²) in [6.45, 7) is 0.877. The molecule has 0 bridgehead atoms. The highest BCUT2D eigenvalue weighted by Gasteiger charge is 2.49. The molecule has 2 aliphatic rings. The number of piperidine rings is 1. The lowest BCUT2D eigenvalue weighted by molar-refractivity contribution is 0.0539. The van der Waals surface area contributed by atoms with E-state index in [9.17, 15) is 4.79 Å². The summed E-state index contributed by atoms with van der Waals surface area (Å²) >= 11 is 17.3. The average molecular weight is 508 g/mol. The van der Waals surface area contributed by atoms with E-state index in [4.69, 9.17) is 44.3 Å². The molecule has 1 aliphatic heterocycles. The number of hydrogen-bond donors (Lipinski definition) is 1. The minimum atomic E-state index is -1.63. The molecule has 5 rings (SSSR count). The van der Waals surface area contributed by atoms with Crippen LogP contribution >= 0.6 is 34.8 Å². The van der Waals surface area contributed by atoms with E-state index in [2.05, 4.69) is 41.4 Å². The summed E-state index contributed by atoms with van der Waals surface area (Å²) in [7, 11) is 1.69. The Morgan fingerprint density at radius 1 is 1.21 bits per heavy atom. The van der Waals surface area contributed by atoms with Crippen molar-refractivity contribution in [3.8, 4) is 5.75 Å². The third-order valence-electron chi connectivity index (χ3n) is 7.16. The molecule has 0 saturated carbocycles. The van der Waals surface area contributed by atoms with Crippen molar-refractivity contribution >= 4 is 51.8 Å². The van der Waals surface area contributed by atoms with Crippen LogP contribution in [0.25, 0.3) is 10.9 Å². The fraction of sp³-hybridized carbons (Fsp3) is 0.400. The molecule has 2 atom stereocenters. The molecule has 33 heavy (non-hydrogen) atoms. The van der Waals surface area contributed by atoms with Crippen LogP contribution in [-0.4, -0.2) is 46.6 Å². The second kappa shape index (κ2) is 8.61. The first-order valence-electron chi connectivity index (χ1n) is 11.0. The van der Waals surface area contributed by atoms with Gasteiger partial charge in [0.15, 0.2) is 0 Å². The van der Waals surface area contributed by atoms with Crippen LogP contribution in [-0.2, 0) is 23.0 Å². The SMILES string of the molecule is COc1cccc(C23CCN(C(=O)OCC(Cl)(Cl)Cl)CC2Cc2c([nH]c4ccccc24)C3)c1. The maximum atomic E-state index is 12.8. The summed E-state index contributed by atoms with van der Waals surface area (Å²) in [6, 6.07) is 16.7. The predicted octanol–water partition coefficient (Wildman–Crippen LogP) is 6.04. The van der Waals surface area contributed by atoms with Gasteiger partial charge in [0.2, 0.25) is 3.79 Å². The van der Waals surface area contributed by atoms with Gasteiger partial charge in [-0.3, -0.25) is 0 Å². The second-order valence-electron chi connectivity index (χ2n) is 8.96. The van der Waals surface area contributed by atoms with Crippen LogP contribution in [0.2, 0.25) is 0 Å². The largest absolute Gasteiger partial charge is 0.497 e. The third kappa shape index (κ3) is 4.27. The van der Waals surface area contributed by atoms with Crippen molar-refractivity contribution in [2.45, 2.75) is 28.5 Å². The second-order valence-corrected chi connectivity index (χ2v) is 11.5. The number of methoxy groups -OCH3 is 1. The van der Waals surface area contributed by atoms with Gasteiger partial charge in [0.1, 0.15) is 12.4 Å². The summed E-state index contributed by atoms with van der Waals surface area (Å²) in [6.07, 6.45) is 2.12. The first-order chi connectivity index (χ1) is 15.8. The average Bonchev–Trinajstić information content (AvgIpc) is 3.17. The number of para-hydroxylation sites is 1. The number of benzene rings is 2. The lowest BCUT2D eigenvalue weighted by atomic mass is 9.59. The Labute approximate surface area is 207 Å². The van der Waals surface area contributed by atoms with Gasteiger partial charge < -0.3 is 19.4 Å². The molecule has 0 radical (unpaired) electrons. The van der Waals surface area contributed by atoms with E-state index in [1.54, 1.807) is 12.0 Å². The van der Waals surface area contributed by atoms with Gasteiger partial charge in [0.05, 0.1) is 7.11 Å². The standard InChI is InChI=1S/C25H25Cl3N2O3/c1-32-18-6-4-5-16(11-18)24-9-10-30(23(31)33-15-25(26,27)28)14-17(24)12-20-19-7-2-3-8-21(19)29-22(20)13-24/h2-8,11,17,29H,9-10,12-15H2,1H3. The molecular formula is C25H25Cl3N2O3. The Bertz CT molecular complexity index is 1190. The Morgan fingerprint density at radius 2 is 2.03 bits per heavy atom. The third-order valence-corrected chi connectivity index (χ3v) is 7.48. The molecule has 5 nitrogen and oxygen atoms in total. The number of aromatic nitrogens is 1. The molecule has 3 aromatic rings. The molecule has 1 saturated heterocycles. The van der Waals surface area contributed by atoms with Crippen molar-refractivity contribution in [1.29, 1.82) is 0 Å².